The summed E-state index contributed by atoms with van der Waals surface area (Å²) in [6, 6.07) is 3.72. The van der Waals surface area contributed by atoms with E-state index in [0.717, 1.165) is 4.88 Å². The highest BCUT2D eigenvalue weighted by Crippen LogP contribution is 2.31. The van der Waals surface area contributed by atoms with Crippen molar-refractivity contribution in [3.8, 4) is 0 Å². The fourth-order valence-corrected chi connectivity index (χ4v) is 2.14. The SMILES string of the molecule is COCCC(C)(C(=O)O)c1cccs1. The summed E-state index contributed by atoms with van der Waals surface area (Å²) in [6.45, 7) is 2.20. The van der Waals surface area contributed by atoms with Gasteiger partial charge in [-0.05, 0) is 24.8 Å². The second-order valence-corrected chi connectivity index (χ2v) is 4.31. The summed E-state index contributed by atoms with van der Waals surface area (Å²) in [6.07, 6.45) is 0.499. The molecule has 0 saturated carbocycles. The van der Waals surface area contributed by atoms with Gasteiger partial charge >= 0.3 is 5.97 Å². The van der Waals surface area contributed by atoms with Gasteiger partial charge in [-0.3, -0.25) is 4.79 Å². The Bertz CT molecular complexity index is 294. The van der Waals surface area contributed by atoms with Crippen LogP contribution in [0.4, 0.5) is 0 Å². The summed E-state index contributed by atoms with van der Waals surface area (Å²) < 4.78 is 4.93. The molecular formula is C10H14O3S. The molecule has 0 radical (unpaired) electrons. The highest BCUT2D eigenvalue weighted by molar-refractivity contribution is 7.10. The molecule has 0 amide bonds. The van der Waals surface area contributed by atoms with Gasteiger partial charge in [0, 0.05) is 18.6 Å². The summed E-state index contributed by atoms with van der Waals surface area (Å²) >= 11 is 1.47. The number of carbonyl (C=O) groups is 1. The minimum atomic E-state index is -0.815. The lowest BCUT2D eigenvalue weighted by Crippen LogP contribution is -2.32. The van der Waals surface area contributed by atoms with Crippen molar-refractivity contribution in [3.63, 3.8) is 0 Å². The summed E-state index contributed by atoms with van der Waals surface area (Å²) in [4.78, 5) is 12.1. The van der Waals surface area contributed by atoms with Crippen LogP contribution < -0.4 is 0 Å². The maximum atomic E-state index is 11.2. The molecule has 1 heterocycles. The maximum absolute atomic E-state index is 11.2. The molecule has 0 saturated heterocycles. The number of carboxylic acid groups (broad SMARTS) is 1. The lowest BCUT2D eigenvalue weighted by Gasteiger charge is -2.22. The standard InChI is InChI=1S/C10H14O3S/c1-10(9(11)12,5-6-13-2)8-4-3-7-14-8/h3-4,7H,5-6H2,1-2H3,(H,11,12). The molecule has 0 aliphatic heterocycles. The second kappa shape index (κ2) is 4.57. The van der Waals surface area contributed by atoms with E-state index in [2.05, 4.69) is 0 Å². The molecule has 14 heavy (non-hydrogen) atoms. The quantitative estimate of drug-likeness (QED) is 0.816. The Labute approximate surface area is 87.3 Å². The fraction of sp³-hybridized carbons (Fsp3) is 0.500. The topological polar surface area (TPSA) is 46.5 Å². The molecule has 0 aromatic carbocycles. The van der Waals surface area contributed by atoms with Gasteiger partial charge in [-0.15, -0.1) is 11.3 Å². The van der Waals surface area contributed by atoms with Crippen molar-refractivity contribution in [2.24, 2.45) is 0 Å². The minimum absolute atomic E-state index is 0.459. The number of thiophene rings is 1. The predicted molar refractivity (Wildman–Crippen MR) is 55.8 cm³/mol. The van der Waals surface area contributed by atoms with E-state index in [1.807, 2.05) is 17.5 Å². The Morgan fingerprint density at radius 2 is 2.43 bits per heavy atom. The van der Waals surface area contributed by atoms with Crippen LogP contribution in [0.3, 0.4) is 0 Å². The van der Waals surface area contributed by atoms with E-state index in [4.69, 9.17) is 4.74 Å². The fourth-order valence-electron chi connectivity index (χ4n) is 1.23. The highest BCUT2D eigenvalue weighted by Gasteiger charge is 2.35. The molecular weight excluding hydrogens is 200 g/mol. The Hall–Kier alpha value is -0.870. The molecule has 0 fully saturated rings. The van der Waals surface area contributed by atoms with Gasteiger partial charge in [-0.1, -0.05) is 6.07 Å². The molecule has 0 aliphatic rings. The number of carboxylic acids is 1. The molecule has 1 aromatic rings. The monoisotopic (exact) mass is 214 g/mol. The van der Waals surface area contributed by atoms with E-state index in [1.165, 1.54) is 11.3 Å². The van der Waals surface area contributed by atoms with Crippen molar-refractivity contribution < 1.29 is 14.6 Å². The summed E-state index contributed by atoms with van der Waals surface area (Å²) in [5.41, 5.74) is -0.815. The third-order valence-electron chi connectivity index (χ3n) is 2.34. The maximum Gasteiger partial charge on any atom is 0.314 e. The number of rotatable bonds is 5. The first kappa shape index (κ1) is 11.2. The van der Waals surface area contributed by atoms with E-state index < -0.39 is 11.4 Å². The van der Waals surface area contributed by atoms with Crippen LogP contribution in [0.25, 0.3) is 0 Å². The van der Waals surface area contributed by atoms with Gasteiger partial charge in [0.15, 0.2) is 0 Å². The predicted octanol–water partition coefficient (Wildman–Crippen LogP) is 2.13. The summed E-state index contributed by atoms with van der Waals surface area (Å²) in [5, 5.41) is 11.1. The van der Waals surface area contributed by atoms with Crippen LogP contribution >= 0.6 is 11.3 Å². The van der Waals surface area contributed by atoms with Crippen molar-refractivity contribution in [2.45, 2.75) is 18.8 Å². The average Bonchev–Trinajstić information content (AvgIpc) is 2.66. The molecule has 1 unspecified atom stereocenters. The molecule has 78 valence electrons. The zero-order chi connectivity index (χ0) is 10.6. The van der Waals surface area contributed by atoms with Gasteiger partial charge < -0.3 is 9.84 Å². The first-order valence-corrected chi connectivity index (χ1v) is 5.25. The zero-order valence-corrected chi connectivity index (χ0v) is 9.13. The van der Waals surface area contributed by atoms with Gasteiger partial charge in [0.1, 0.15) is 5.41 Å². The molecule has 0 aliphatic carbocycles. The number of methoxy groups -OCH3 is 1. The van der Waals surface area contributed by atoms with Crippen molar-refractivity contribution in [2.75, 3.05) is 13.7 Å². The van der Waals surface area contributed by atoms with E-state index >= 15 is 0 Å². The van der Waals surface area contributed by atoms with Crippen LogP contribution in [0.1, 0.15) is 18.2 Å². The van der Waals surface area contributed by atoms with E-state index in [-0.39, 0.29) is 0 Å². The summed E-state index contributed by atoms with van der Waals surface area (Å²) in [7, 11) is 1.58. The summed E-state index contributed by atoms with van der Waals surface area (Å²) in [5.74, 6) is -0.794. The lowest BCUT2D eigenvalue weighted by atomic mass is 9.85. The third-order valence-corrected chi connectivity index (χ3v) is 3.48. The third kappa shape index (κ3) is 2.13. The van der Waals surface area contributed by atoms with Crippen molar-refractivity contribution in [1.29, 1.82) is 0 Å². The molecule has 0 spiro atoms. The van der Waals surface area contributed by atoms with Gasteiger partial charge in [0.05, 0.1) is 0 Å². The Kier molecular flexibility index (Phi) is 3.66. The van der Waals surface area contributed by atoms with Gasteiger partial charge in [0.2, 0.25) is 0 Å². The average molecular weight is 214 g/mol. The number of ether oxygens (including phenoxy) is 1. The van der Waals surface area contributed by atoms with Crippen LogP contribution in [-0.4, -0.2) is 24.8 Å². The van der Waals surface area contributed by atoms with Crippen molar-refractivity contribution in [1.82, 2.24) is 0 Å². The molecule has 4 heteroatoms. The van der Waals surface area contributed by atoms with E-state index in [9.17, 15) is 9.90 Å². The normalized spacial score (nSPS) is 15.0. The molecule has 1 aromatic heterocycles. The van der Waals surface area contributed by atoms with Crippen LogP contribution in [0.2, 0.25) is 0 Å². The van der Waals surface area contributed by atoms with Crippen LogP contribution in [0.15, 0.2) is 17.5 Å². The van der Waals surface area contributed by atoms with Gasteiger partial charge in [-0.2, -0.15) is 0 Å². The van der Waals surface area contributed by atoms with Crippen LogP contribution in [-0.2, 0) is 14.9 Å². The smallest absolute Gasteiger partial charge is 0.314 e. The van der Waals surface area contributed by atoms with Gasteiger partial charge in [-0.25, -0.2) is 0 Å². The Balaban J connectivity index is 2.87. The largest absolute Gasteiger partial charge is 0.481 e. The van der Waals surface area contributed by atoms with Crippen LogP contribution in [0, 0.1) is 0 Å². The molecule has 1 rings (SSSR count). The first-order chi connectivity index (χ1) is 6.61. The molecule has 3 nitrogen and oxygen atoms in total. The number of hydrogen-bond donors (Lipinski definition) is 1. The van der Waals surface area contributed by atoms with Crippen LogP contribution in [0.5, 0.6) is 0 Å². The lowest BCUT2D eigenvalue weighted by molar-refractivity contribution is -0.143. The Morgan fingerprint density at radius 3 is 2.86 bits per heavy atom. The second-order valence-electron chi connectivity index (χ2n) is 3.36. The van der Waals surface area contributed by atoms with Crippen molar-refractivity contribution in [3.05, 3.63) is 22.4 Å². The minimum Gasteiger partial charge on any atom is -0.481 e. The van der Waals surface area contributed by atoms with E-state index in [1.54, 1.807) is 14.0 Å². The molecule has 1 atom stereocenters. The first-order valence-electron chi connectivity index (χ1n) is 4.37. The number of hydrogen-bond acceptors (Lipinski definition) is 3. The highest BCUT2D eigenvalue weighted by atomic mass is 32.1. The molecule has 1 N–H and O–H groups in total. The Morgan fingerprint density at radius 1 is 1.71 bits per heavy atom. The van der Waals surface area contributed by atoms with Crippen molar-refractivity contribution >= 4 is 17.3 Å². The zero-order valence-electron chi connectivity index (χ0n) is 8.32. The number of aliphatic carboxylic acids is 1. The molecule has 0 bridgehead atoms. The van der Waals surface area contributed by atoms with Gasteiger partial charge in [0.25, 0.3) is 0 Å². The van der Waals surface area contributed by atoms with E-state index in [0.29, 0.717) is 13.0 Å².